The van der Waals surface area contributed by atoms with Gasteiger partial charge in [0.2, 0.25) is 0 Å². The average molecular weight is 955 g/mol. The lowest BCUT2D eigenvalue weighted by Crippen LogP contribution is -2.09. The topological polar surface area (TPSA) is 21.3 Å². The van der Waals surface area contributed by atoms with Crippen LogP contribution < -0.4 is 4.90 Å². The molecule has 0 bridgehead atoms. The number of para-hydroxylation sites is 4. The maximum Gasteiger partial charge on any atom is 0.143 e. The number of fused-ring (bicyclic) bond motifs is 16. The van der Waals surface area contributed by atoms with Crippen molar-refractivity contribution >= 4 is 115 Å². The van der Waals surface area contributed by atoms with Crippen molar-refractivity contribution < 1.29 is 4.42 Å². The van der Waals surface area contributed by atoms with Crippen molar-refractivity contribution in [2.75, 3.05) is 4.90 Å². The first-order chi connectivity index (χ1) is 37.2. The zero-order valence-electron chi connectivity index (χ0n) is 40.9. The van der Waals surface area contributed by atoms with Gasteiger partial charge in [0.05, 0.1) is 11.0 Å². The summed E-state index contributed by atoms with van der Waals surface area (Å²) in [6, 6.07) is 102. The van der Waals surface area contributed by atoms with E-state index >= 15 is 0 Å². The van der Waals surface area contributed by atoms with Gasteiger partial charge in [-0.15, -0.1) is 0 Å². The standard InChI is InChI=1S/C72H46N2O/c1-2-17-50(18-3-1)74-69-31-14-12-27-64(69)68-45-49(37-44-70(68)74)47-33-38-51(39-34-47)73(52-40-35-48(36-41-52)54-29-16-30-66-65-28-13-15-32-71(65)75-72(54)66)53-42-43-63-61-25-9-8-23-59(61)57-21-5-4-19-55(57)56-20-6-7-22-58(56)60-24-10-11-26-62(60)67(63)46-53/h1-46H. The highest BCUT2D eigenvalue weighted by molar-refractivity contribution is 6.26. The second-order valence-electron chi connectivity index (χ2n) is 19.5. The monoisotopic (exact) mass is 954 g/mol. The summed E-state index contributed by atoms with van der Waals surface area (Å²) >= 11 is 0. The molecule has 0 aliphatic carbocycles. The van der Waals surface area contributed by atoms with Crippen molar-refractivity contribution in [3.63, 3.8) is 0 Å². The number of hydrogen-bond acceptors (Lipinski definition) is 2. The molecule has 0 aliphatic heterocycles. The lowest BCUT2D eigenvalue weighted by atomic mass is 9.94. The van der Waals surface area contributed by atoms with Gasteiger partial charge >= 0.3 is 0 Å². The van der Waals surface area contributed by atoms with Crippen LogP contribution in [-0.4, -0.2) is 4.57 Å². The van der Waals surface area contributed by atoms with Gasteiger partial charge in [-0.2, -0.15) is 0 Å². The van der Waals surface area contributed by atoms with Gasteiger partial charge in [0, 0.05) is 49.9 Å². The summed E-state index contributed by atoms with van der Waals surface area (Å²) in [5.74, 6) is 0. The number of hydrogen-bond donors (Lipinski definition) is 0. The molecule has 2 heterocycles. The molecule has 0 saturated heterocycles. The van der Waals surface area contributed by atoms with Crippen molar-refractivity contribution in [3.8, 4) is 27.9 Å². The summed E-state index contributed by atoms with van der Waals surface area (Å²) in [5, 5.41) is 16.7. The van der Waals surface area contributed by atoms with Gasteiger partial charge < -0.3 is 13.9 Å². The minimum atomic E-state index is 0.896. The van der Waals surface area contributed by atoms with Crippen LogP contribution >= 0.6 is 0 Å². The van der Waals surface area contributed by atoms with E-state index in [1.54, 1.807) is 0 Å². The van der Waals surface area contributed by atoms with Crippen LogP contribution in [-0.2, 0) is 0 Å². The van der Waals surface area contributed by atoms with E-state index < -0.39 is 0 Å². The SMILES string of the molecule is c1ccc(-n2c3ccccc3c3cc(-c4ccc(N(c5ccc(-c6cccc7c6oc6ccccc67)cc5)c5ccc6c7ccccc7c7ccccc7c7ccccc7c7ccccc7c6c5)cc4)ccc32)cc1. The molecule has 0 saturated carbocycles. The van der Waals surface area contributed by atoms with E-state index in [2.05, 4.69) is 282 Å². The lowest BCUT2D eigenvalue weighted by Gasteiger charge is -2.26. The van der Waals surface area contributed by atoms with Crippen LogP contribution in [0.5, 0.6) is 0 Å². The van der Waals surface area contributed by atoms with E-state index in [4.69, 9.17) is 4.42 Å². The summed E-state index contributed by atoms with van der Waals surface area (Å²) < 4.78 is 8.91. The van der Waals surface area contributed by atoms with Gasteiger partial charge in [0.25, 0.3) is 0 Å². The minimum absolute atomic E-state index is 0.896. The van der Waals surface area contributed by atoms with Gasteiger partial charge in [-0.05, 0) is 143 Å². The second-order valence-corrected chi connectivity index (χ2v) is 19.5. The largest absolute Gasteiger partial charge is 0.455 e. The Labute approximate surface area is 433 Å². The van der Waals surface area contributed by atoms with Crippen LogP contribution in [0.15, 0.2) is 283 Å². The molecule has 0 spiro atoms. The molecule has 0 fully saturated rings. The summed E-state index contributed by atoms with van der Waals surface area (Å²) in [6.07, 6.45) is 0. The van der Waals surface area contributed by atoms with Crippen LogP contribution in [0.1, 0.15) is 0 Å². The number of anilines is 3. The predicted octanol–water partition coefficient (Wildman–Crippen LogP) is 20.4. The number of benzene rings is 12. The molecule has 0 unspecified atom stereocenters. The molecule has 350 valence electrons. The average Bonchev–Trinajstić information content (AvgIpc) is 4.05. The maximum atomic E-state index is 6.54. The van der Waals surface area contributed by atoms with Crippen LogP contribution in [0.4, 0.5) is 17.1 Å². The summed E-state index contributed by atoms with van der Waals surface area (Å²) in [5.41, 5.74) is 13.0. The van der Waals surface area contributed by atoms with Crippen molar-refractivity contribution in [2.45, 2.75) is 0 Å². The lowest BCUT2D eigenvalue weighted by molar-refractivity contribution is 0.670. The number of rotatable bonds is 6. The Bertz CT molecular complexity index is 4740. The third kappa shape index (κ3) is 6.97. The third-order valence-corrected chi connectivity index (χ3v) is 15.4. The van der Waals surface area contributed by atoms with Gasteiger partial charge in [0.1, 0.15) is 11.2 Å². The van der Waals surface area contributed by atoms with Gasteiger partial charge in [-0.3, -0.25) is 0 Å². The van der Waals surface area contributed by atoms with Crippen LogP contribution in [0.3, 0.4) is 0 Å². The number of aromatic nitrogens is 1. The number of furan rings is 1. The molecule has 0 amide bonds. The highest BCUT2D eigenvalue weighted by Gasteiger charge is 2.19. The fourth-order valence-electron chi connectivity index (χ4n) is 12.0. The first kappa shape index (κ1) is 42.7. The predicted molar refractivity (Wildman–Crippen MR) is 319 cm³/mol. The summed E-state index contributed by atoms with van der Waals surface area (Å²) in [6.45, 7) is 0. The van der Waals surface area contributed by atoms with Crippen LogP contribution in [0.2, 0.25) is 0 Å². The Kier molecular flexibility index (Phi) is 9.89. The van der Waals surface area contributed by atoms with Crippen molar-refractivity contribution in [3.05, 3.63) is 279 Å². The highest BCUT2D eigenvalue weighted by atomic mass is 16.3. The first-order valence-corrected chi connectivity index (χ1v) is 25.7. The first-order valence-electron chi connectivity index (χ1n) is 25.7. The zero-order valence-corrected chi connectivity index (χ0v) is 40.9. The van der Waals surface area contributed by atoms with E-state index in [-0.39, 0.29) is 0 Å². The minimum Gasteiger partial charge on any atom is -0.455 e. The molecule has 15 aromatic rings. The molecule has 0 N–H and O–H groups in total. The zero-order chi connectivity index (χ0) is 49.4. The van der Waals surface area contributed by atoms with Gasteiger partial charge in [0.15, 0.2) is 0 Å². The smallest absolute Gasteiger partial charge is 0.143 e. The molecule has 13 aromatic carbocycles. The Morgan fingerprint density at radius 3 is 1.29 bits per heavy atom. The fraction of sp³-hybridized carbons (Fsp3) is 0. The molecule has 3 heteroatoms. The van der Waals surface area contributed by atoms with Crippen LogP contribution in [0, 0.1) is 0 Å². The molecule has 3 nitrogen and oxygen atoms in total. The van der Waals surface area contributed by atoms with Crippen molar-refractivity contribution in [2.24, 2.45) is 0 Å². The fourth-order valence-corrected chi connectivity index (χ4v) is 12.0. The molecule has 0 atom stereocenters. The van der Waals surface area contributed by atoms with Crippen molar-refractivity contribution in [1.29, 1.82) is 0 Å². The second kappa shape index (κ2) is 17.4. The van der Waals surface area contributed by atoms with E-state index in [1.807, 2.05) is 6.07 Å². The van der Waals surface area contributed by atoms with E-state index in [1.165, 1.54) is 81.2 Å². The molecule has 0 aliphatic rings. The molecule has 0 radical (unpaired) electrons. The Morgan fingerprint density at radius 2 is 0.693 bits per heavy atom. The highest BCUT2D eigenvalue weighted by Crippen LogP contribution is 2.43. The Hall–Kier alpha value is -9.96. The Balaban J connectivity index is 0.941. The Morgan fingerprint density at radius 1 is 0.253 bits per heavy atom. The molecular formula is C72H46N2O. The summed E-state index contributed by atoms with van der Waals surface area (Å²) in [4.78, 5) is 2.41. The normalized spacial score (nSPS) is 11.7. The van der Waals surface area contributed by atoms with Crippen molar-refractivity contribution in [1.82, 2.24) is 4.57 Å². The maximum absolute atomic E-state index is 6.54. The molecular weight excluding hydrogens is 909 g/mol. The molecule has 15 rings (SSSR count). The molecule has 2 aromatic heterocycles. The summed E-state index contributed by atoms with van der Waals surface area (Å²) in [7, 11) is 0. The van der Waals surface area contributed by atoms with E-state index in [9.17, 15) is 0 Å². The van der Waals surface area contributed by atoms with E-state index in [0.717, 1.165) is 61.4 Å². The van der Waals surface area contributed by atoms with E-state index in [0.29, 0.717) is 0 Å². The third-order valence-electron chi connectivity index (χ3n) is 15.4. The van der Waals surface area contributed by atoms with Gasteiger partial charge in [-0.25, -0.2) is 0 Å². The number of nitrogens with zero attached hydrogens (tertiary/aromatic N) is 2. The molecule has 75 heavy (non-hydrogen) atoms. The van der Waals surface area contributed by atoms with Crippen LogP contribution in [0.25, 0.3) is 126 Å². The quantitative estimate of drug-likeness (QED) is 0.166. The van der Waals surface area contributed by atoms with Gasteiger partial charge in [-0.1, -0.05) is 206 Å².